The maximum atomic E-state index is 12.7. The molecule has 0 aliphatic rings. The Labute approximate surface area is 147 Å². The highest BCUT2D eigenvalue weighted by Gasteiger charge is 2.18. The van der Waals surface area contributed by atoms with Crippen LogP contribution >= 0.6 is 11.8 Å². The van der Waals surface area contributed by atoms with Crippen molar-refractivity contribution in [2.45, 2.75) is 24.3 Å². The first-order valence-corrected chi connectivity index (χ1v) is 9.02. The van der Waals surface area contributed by atoms with Crippen LogP contribution in [-0.4, -0.2) is 26.4 Å². The number of rotatable bonds is 7. The van der Waals surface area contributed by atoms with Crippen LogP contribution in [0.2, 0.25) is 0 Å². The molecule has 0 saturated carbocycles. The zero-order valence-corrected chi connectivity index (χ0v) is 15.3. The van der Waals surface area contributed by atoms with Gasteiger partial charge in [-0.1, -0.05) is 25.1 Å². The van der Waals surface area contributed by atoms with Crippen molar-refractivity contribution < 1.29 is 14.3 Å². The molecule has 0 aliphatic heterocycles. The van der Waals surface area contributed by atoms with Gasteiger partial charge in [-0.25, -0.2) is 0 Å². The predicted molar refractivity (Wildman–Crippen MR) is 98.3 cm³/mol. The maximum absolute atomic E-state index is 12.7. The lowest BCUT2D eigenvalue weighted by atomic mass is 10.0. The van der Waals surface area contributed by atoms with E-state index in [0.29, 0.717) is 17.1 Å². The van der Waals surface area contributed by atoms with Gasteiger partial charge in [0.15, 0.2) is 11.5 Å². The Balaban J connectivity index is 2.24. The van der Waals surface area contributed by atoms with E-state index in [0.717, 1.165) is 16.9 Å². The molecule has 0 bridgehead atoms. The van der Waals surface area contributed by atoms with Gasteiger partial charge in [0.2, 0.25) is 0 Å². The van der Waals surface area contributed by atoms with E-state index < -0.39 is 0 Å². The van der Waals surface area contributed by atoms with Gasteiger partial charge in [-0.3, -0.25) is 4.79 Å². The molecule has 4 nitrogen and oxygen atoms in total. The zero-order chi connectivity index (χ0) is 17.5. The van der Waals surface area contributed by atoms with Gasteiger partial charge < -0.3 is 14.8 Å². The minimum absolute atomic E-state index is 0.0680. The molecule has 0 saturated heterocycles. The highest BCUT2D eigenvalue weighted by Crippen LogP contribution is 2.31. The fourth-order valence-electron chi connectivity index (χ4n) is 2.56. The summed E-state index contributed by atoms with van der Waals surface area (Å²) in [7, 11) is 3.21. The molecule has 1 atom stereocenters. The number of hydrogen-bond acceptors (Lipinski definition) is 4. The largest absolute Gasteiger partial charge is 0.493 e. The van der Waals surface area contributed by atoms with Crippen LogP contribution < -0.4 is 14.8 Å². The smallest absolute Gasteiger partial charge is 0.252 e. The van der Waals surface area contributed by atoms with Crippen molar-refractivity contribution in [2.24, 2.45) is 0 Å². The van der Waals surface area contributed by atoms with Crippen LogP contribution in [0.1, 0.15) is 35.3 Å². The van der Waals surface area contributed by atoms with E-state index >= 15 is 0 Å². The molecule has 0 aromatic heterocycles. The third-order valence-corrected chi connectivity index (χ3v) is 4.67. The molecule has 5 heteroatoms. The van der Waals surface area contributed by atoms with Crippen LogP contribution in [0.5, 0.6) is 11.5 Å². The summed E-state index contributed by atoms with van der Waals surface area (Å²) in [5.74, 6) is 1.27. The number of carbonyl (C=O) groups is 1. The van der Waals surface area contributed by atoms with Crippen molar-refractivity contribution in [2.75, 3.05) is 20.5 Å². The first-order chi connectivity index (χ1) is 11.6. The molecule has 0 heterocycles. The van der Waals surface area contributed by atoms with Gasteiger partial charge in [0, 0.05) is 4.90 Å². The summed E-state index contributed by atoms with van der Waals surface area (Å²) < 4.78 is 10.6. The van der Waals surface area contributed by atoms with Crippen molar-refractivity contribution in [1.82, 2.24) is 5.32 Å². The van der Waals surface area contributed by atoms with Gasteiger partial charge in [-0.15, -0.1) is 11.8 Å². The van der Waals surface area contributed by atoms with E-state index in [1.54, 1.807) is 26.0 Å². The molecule has 0 spiro atoms. The van der Waals surface area contributed by atoms with E-state index in [1.165, 1.54) is 0 Å². The fourth-order valence-corrected chi connectivity index (χ4v) is 3.15. The summed E-state index contributed by atoms with van der Waals surface area (Å²) in [4.78, 5) is 13.6. The summed E-state index contributed by atoms with van der Waals surface area (Å²) >= 11 is 1.57. The minimum Gasteiger partial charge on any atom is -0.493 e. The van der Waals surface area contributed by atoms with Crippen LogP contribution in [0, 0.1) is 0 Å². The number of nitrogens with one attached hydrogen (secondary N) is 1. The van der Waals surface area contributed by atoms with E-state index in [2.05, 4.69) is 5.32 Å². The SMILES string of the molecule is CCC(NC(=O)c1ccccc1SC)c1ccc(OC)c(OC)c1. The molecule has 2 rings (SSSR count). The Morgan fingerprint density at radius 3 is 2.46 bits per heavy atom. The average Bonchev–Trinajstić information content (AvgIpc) is 2.65. The van der Waals surface area contributed by atoms with Gasteiger partial charge in [0.25, 0.3) is 5.91 Å². The molecule has 24 heavy (non-hydrogen) atoms. The number of benzene rings is 2. The Hall–Kier alpha value is -2.14. The van der Waals surface area contributed by atoms with E-state index in [9.17, 15) is 4.79 Å². The normalized spacial score (nSPS) is 11.7. The fraction of sp³-hybridized carbons (Fsp3) is 0.316. The summed E-state index contributed by atoms with van der Waals surface area (Å²) in [5, 5.41) is 3.11. The minimum atomic E-state index is -0.0905. The van der Waals surface area contributed by atoms with E-state index in [-0.39, 0.29) is 11.9 Å². The van der Waals surface area contributed by atoms with Gasteiger partial charge in [0.1, 0.15) is 0 Å². The van der Waals surface area contributed by atoms with Gasteiger partial charge in [0.05, 0.1) is 25.8 Å². The van der Waals surface area contributed by atoms with Crippen molar-refractivity contribution >= 4 is 17.7 Å². The lowest BCUT2D eigenvalue weighted by Crippen LogP contribution is -2.28. The topological polar surface area (TPSA) is 47.6 Å². The van der Waals surface area contributed by atoms with E-state index in [4.69, 9.17) is 9.47 Å². The summed E-state index contributed by atoms with van der Waals surface area (Å²) in [6.45, 7) is 2.04. The standard InChI is InChI=1S/C19H23NO3S/c1-5-15(13-10-11-16(22-2)17(12-13)23-3)20-19(21)14-8-6-7-9-18(14)24-4/h6-12,15H,5H2,1-4H3,(H,20,21). The van der Waals surface area contributed by atoms with Gasteiger partial charge in [-0.05, 0) is 42.5 Å². The van der Waals surface area contributed by atoms with Crippen LogP contribution in [0.15, 0.2) is 47.4 Å². The van der Waals surface area contributed by atoms with Crippen LogP contribution in [0.3, 0.4) is 0 Å². The molecular formula is C19H23NO3S. The molecule has 1 unspecified atom stereocenters. The van der Waals surface area contributed by atoms with Crippen molar-refractivity contribution in [1.29, 1.82) is 0 Å². The van der Waals surface area contributed by atoms with Gasteiger partial charge in [-0.2, -0.15) is 0 Å². The summed E-state index contributed by atoms with van der Waals surface area (Å²) in [6, 6.07) is 13.3. The van der Waals surface area contributed by atoms with Crippen LogP contribution in [0.4, 0.5) is 0 Å². The number of hydrogen-bond donors (Lipinski definition) is 1. The number of thioether (sulfide) groups is 1. The molecule has 0 aliphatic carbocycles. The summed E-state index contributed by atoms with van der Waals surface area (Å²) in [5.41, 5.74) is 1.69. The van der Waals surface area contributed by atoms with Crippen molar-refractivity contribution in [3.05, 3.63) is 53.6 Å². The molecule has 2 aromatic rings. The summed E-state index contributed by atoms with van der Waals surface area (Å²) in [6.07, 6.45) is 2.75. The molecule has 1 amide bonds. The Bertz CT molecular complexity index is 703. The Morgan fingerprint density at radius 1 is 1.12 bits per heavy atom. The van der Waals surface area contributed by atoms with Crippen LogP contribution in [-0.2, 0) is 0 Å². The molecule has 0 fully saturated rings. The Morgan fingerprint density at radius 2 is 1.83 bits per heavy atom. The molecule has 0 radical (unpaired) electrons. The lowest BCUT2D eigenvalue weighted by molar-refractivity contribution is 0.0932. The maximum Gasteiger partial charge on any atom is 0.252 e. The zero-order valence-electron chi connectivity index (χ0n) is 14.5. The number of ether oxygens (including phenoxy) is 2. The Kier molecular flexibility index (Phi) is 6.55. The second-order valence-electron chi connectivity index (χ2n) is 5.25. The second-order valence-corrected chi connectivity index (χ2v) is 6.10. The molecule has 128 valence electrons. The number of carbonyl (C=O) groups excluding carboxylic acids is 1. The average molecular weight is 345 g/mol. The third kappa shape index (κ3) is 4.03. The lowest BCUT2D eigenvalue weighted by Gasteiger charge is -2.20. The third-order valence-electron chi connectivity index (χ3n) is 3.88. The molecule has 2 aromatic carbocycles. The van der Waals surface area contributed by atoms with Crippen molar-refractivity contribution in [3.63, 3.8) is 0 Å². The predicted octanol–water partition coefficient (Wildman–Crippen LogP) is 4.31. The van der Waals surface area contributed by atoms with E-state index in [1.807, 2.05) is 55.6 Å². The number of amides is 1. The first kappa shape index (κ1) is 18.2. The van der Waals surface area contributed by atoms with Gasteiger partial charge >= 0.3 is 0 Å². The highest BCUT2D eigenvalue weighted by molar-refractivity contribution is 7.98. The highest BCUT2D eigenvalue weighted by atomic mass is 32.2. The number of methoxy groups -OCH3 is 2. The van der Waals surface area contributed by atoms with Crippen LogP contribution in [0.25, 0.3) is 0 Å². The molecule has 1 N–H and O–H groups in total. The van der Waals surface area contributed by atoms with Crippen molar-refractivity contribution in [3.8, 4) is 11.5 Å². The quantitative estimate of drug-likeness (QED) is 0.760. The molecular weight excluding hydrogens is 322 g/mol. The monoisotopic (exact) mass is 345 g/mol. The first-order valence-electron chi connectivity index (χ1n) is 7.80. The second kappa shape index (κ2) is 8.64.